The van der Waals surface area contributed by atoms with Gasteiger partial charge in [-0.2, -0.15) is 0 Å². The van der Waals surface area contributed by atoms with Crippen molar-refractivity contribution in [2.75, 3.05) is 11.9 Å². The fourth-order valence-corrected chi connectivity index (χ4v) is 3.08. The van der Waals surface area contributed by atoms with Crippen LogP contribution in [0.1, 0.15) is 38.2 Å². The Balaban J connectivity index is 2.26. The Morgan fingerprint density at radius 2 is 1.95 bits per heavy atom. The number of hydrogen-bond donors (Lipinski definition) is 1. The van der Waals surface area contributed by atoms with Crippen molar-refractivity contribution in [3.63, 3.8) is 0 Å². The molecular formula is C15H21FN2S. The molecule has 0 aliphatic heterocycles. The third-order valence-electron chi connectivity index (χ3n) is 4.15. The highest BCUT2D eigenvalue weighted by molar-refractivity contribution is 7.80. The van der Waals surface area contributed by atoms with E-state index in [4.69, 9.17) is 18.0 Å². The first-order chi connectivity index (χ1) is 9.00. The van der Waals surface area contributed by atoms with Crippen molar-refractivity contribution in [1.82, 2.24) is 0 Å². The van der Waals surface area contributed by atoms with Crippen molar-refractivity contribution < 1.29 is 4.39 Å². The summed E-state index contributed by atoms with van der Waals surface area (Å²) in [7, 11) is 2.01. The Hall–Kier alpha value is -1.16. The molecule has 0 aromatic heterocycles. The lowest BCUT2D eigenvalue weighted by Gasteiger charge is -2.36. The molecule has 0 amide bonds. The van der Waals surface area contributed by atoms with E-state index in [2.05, 4.69) is 11.8 Å². The van der Waals surface area contributed by atoms with Gasteiger partial charge in [0, 0.05) is 18.8 Å². The van der Waals surface area contributed by atoms with Crippen LogP contribution in [0.25, 0.3) is 0 Å². The van der Waals surface area contributed by atoms with Gasteiger partial charge in [-0.1, -0.05) is 25.2 Å². The number of hydrogen-bond acceptors (Lipinski definition) is 2. The maximum Gasteiger partial charge on any atom is 0.135 e. The molecule has 1 aliphatic rings. The number of nitrogens with two attached hydrogens (primary N) is 1. The first-order valence-corrected chi connectivity index (χ1v) is 7.22. The minimum absolute atomic E-state index is 0.129. The predicted octanol–water partition coefficient (Wildman–Crippen LogP) is 3.47. The summed E-state index contributed by atoms with van der Waals surface area (Å²) in [5.74, 6) is 0.466. The topological polar surface area (TPSA) is 29.3 Å². The van der Waals surface area contributed by atoms with Crippen LogP contribution in [-0.2, 0) is 0 Å². The minimum atomic E-state index is -0.332. The number of thiocarbonyl (C=S) groups is 1. The fraction of sp³-hybridized carbons (Fsp3) is 0.533. The molecule has 1 fully saturated rings. The van der Waals surface area contributed by atoms with Gasteiger partial charge < -0.3 is 10.6 Å². The first-order valence-electron chi connectivity index (χ1n) is 6.82. The van der Waals surface area contributed by atoms with Crippen LogP contribution in [0.3, 0.4) is 0 Å². The molecule has 1 saturated carbocycles. The molecule has 0 atom stereocenters. The van der Waals surface area contributed by atoms with Crippen molar-refractivity contribution in [2.24, 2.45) is 11.7 Å². The van der Waals surface area contributed by atoms with Crippen LogP contribution in [0, 0.1) is 11.7 Å². The number of halogens is 1. The lowest BCUT2D eigenvalue weighted by Crippen LogP contribution is -2.36. The molecule has 0 unspecified atom stereocenters. The number of rotatable bonds is 3. The van der Waals surface area contributed by atoms with E-state index < -0.39 is 0 Å². The fourth-order valence-electron chi connectivity index (χ4n) is 2.88. The van der Waals surface area contributed by atoms with E-state index >= 15 is 0 Å². The minimum Gasteiger partial charge on any atom is -0.389 e. The average Bonchev–Trinajstić information content (AvgIpc) is 2.38. The molecule has 0 heterocycles. The Kier molecular flexibility index (Phi) is 4.40. The predicted molar refractivity (Wildman–Crippen MR) is 82.1 cm³/mol. The Bertz CT molecular complexity index is 467. The summed E-state index contributed by atoms with van der Waals surface area (Å²) in [6.45, 7) is 2.29. The van der Waals surface area contributed by atoms with Crippen molar-refractivity contribution in [3.05, 3.63) is 29.6 Å². The molecule has 0 spiro atoms. The smallest absolute Gasteiger partial charge is 0.135 e. The van der Waals surface area contributed by atoms with Gasteiger partial charge in [-0.05, 0) is 43.7 Å². The molecule has 4 heteroatoms. The zero-order chi connectivity index (χ0) is 14.0. The van der Waals surface area contributed by atoms with Crippen LogP contribution in [0.2, 0.25) is 0 Å². The highest BCUT2D eigenvalue weighted by Crippen LogP contribution is 2.31. The SMILES string of the molecule is CC1CCC(N(C)c2cccc(F)c2C(N)=S)CC1. The lowest BCUT2D eigenvalue weighted by molar-refractivity contribution is 0.340. The average molecular weight is 280 g/mol. The van der Waals surface area contributed by atoms with Crippen LogP contribution in [0.5, 0.6) is 0 Å². The zero-order valence-electron chi connectivity index (χ0n) is 11.5. The van der Waals surface area contributed by atoms with Gasteiger partial charge in [0.1, 0.15) is 10.8 Å². The van der Waals surface area contributed by atoms with Crippen LogP contribution >= 0.6 is 12.2 Å². The Morgan fingerprint density at radius 1 is 1.32 bits per heavy atom. The summed E-state index contributed by atoms with van der Waals surface area (Å²) in [5, 5.41) is 0. The van der Waals surface area contributed by atoms with Crippen molar-refractivity contribution in [1.29, 1.82) is 0 Å². The van der Waals surface area contributed by atoms with Gasteiger partial charge in [-0.15, -0.1) is 0 Å². The second kappa shape index (κ2) is 5.87. The molecule has 0 saturated heterocycles. The van der Waals surface area contributed by atoms with Crippen molar-refractivity contribution in [3.8, 4) is 0 Å². The Labute approximate surface area is 119 Å². The second-order valence-electron chi connectivity index (χ2n) is 5.52. The number of anilines is 1. The summed E-state index contributed by atoms with van der Waals surface area (Å²) >= 11 is 4.99. The Morgan fingerprint density at radius 3 is 2.53 bits per heavy atom. The van der Waals surface area contributed by atoms with Crippen molar-refractivity contribution in [2.45, 2.75) is 38.6 Å². The molecule has 0 bridgehead atoms. The maximum atomic E-state index is 13.9. The third-order valence-corrected chi connectivity index (χ3v) is 4.36. The molecule has 1 aromatic carbocycles. The molecule has 19 heavy (non-hydrogen) atoms. The summed E-state index contributed by atoms with van der Waals surface area (Å²) in [6.07, 6.45) is 4.75. The summed E-state index contributed by atoms with van der Waals surface area (Å²) in [6, 6.07) is 5.48. The normalized spacial score (nSPS) is 23.1. The van der Waals surface area contributed by atoms with E-state index in [0.29, 0.717) is 11.6 Å². The van der Waals surface area contributed by atoms with E-state index in [0.717, 1.165) is 24.4 Å². The zero-order valence-corrected chi connectivity index (χ0v) is 12.3. The number of benzene rings is 1. The van der Waals surface area contributed by atoms with E-state index in [1.165, 1.54) is 18.9 Å². The molecule has 2 nitrogen and oxygen atoms in total. The van der Waals surface area contributed by atoms with E-state index in [1.807, 2.05) is 13.1 Å². The molecule has 0 radical (unpaired) electrons. The monoisotopic (exact) mass is 280 g/mol. The second-order valence-corrected chi connectivity index (χ2v) is 5.96. The van der Waals surface area contributed by atoms with E-state index in [1.54, 1.807) is 6.07 Å². The summed E-state index contributed by atoms with van der Waals surface area (Å²) in [4.78, 5) is 2.27. The highest BCUT2D eigenvalue weighted by atomic mass is 32.1. The maximum absolute atomic E-state index is 13.9. The molecule has 1 aliphatic carbocycles. The van der Waals surface area contributed by atoms with Gasteiger partial charge in [0.2, 0.25) is 0 Å². The molecular weight excluding hydrogens is 259 g/mol. The van der Waals surface area contributed by atoms with Gasteiger partial charge >= 0.3 is 0 Å². The van der Waals surface area contributed by atoms with E-state index in [9.17, 15) is 4.39 Å². The van der Waals surface area contributed by atoms with Gasteiger partial charge in [0.25, 0.3) is 0 Å². The van der Waals surface area contributed by atoms with Crippen LogP contribution in [0.15, 0.2) is 18.2 Å². The van der Waals surface area contributed by atoms with Gasteiger partial charge in [0.15, 0.2) is 0 Å². The molecule has 2 N–H and O–H groups in total. The van der Waals surface area contributed by atoms with Crippen LogP contribution in [0.4, 0.5) is 10.1 Å². The van der Waals surface area contributed by atoms with Crippen LogP contribution < -0.4 is 10.6 Å². The summed E-state index contributed by atoms with van der Waals surface area (Å²) < 4.78 is 13.9. The quantitative estimate of drug-likeness (QED) is 0.860. The number of nitrogens with zero attached hydrogens (tertiary/aromatic N) is 1. The largest absolute Gasteiger partial charge is 0.389 e. The van der Waals surface area contributed by atoms with E-state index in [-0.39, 0.29) is 10.8 Å². The van der Waals surface area contributed by atoms with Gasteiger partial charge in [-0.3, -0.25) is 0 Å². The molecule has 104 valence electrons. The third kappa shape index (κ3) is 3.06. The first kappa shape index (κ1) is 14.3. The summed E-state index contributed by atoms with van der Waals surface area (Å²) in [5.41, 5.74) is 6.86. The van der Waals surface area contributed by atoms with Gasteiger partial charge in [0.05, 0.1) is 5.56 Å². The molecule has 2 rings (SSSR count). The lowest BCUT2D eigenvalue weighted by atomic mass is 9.86. The van der Waals surface area contributed by atoms with Crippen LogP contribution in [-0.4, -0.2) is 18.1 Å². The standard InChI is InChI=1S/C15H21FN2S/c1-10-6-8-11(9-7-10)18(2)13-5-3-4-12(16)14(13)15(17)19/h3-5,10-11H,6-9H2,1-2H3,(H2,17,19). The molecule has 1 aromatic rings. The van der Waals surface area contributed by atoms with Gasteiger partial charge in [-0.25, -0.2) is 4.39 Å². The van der Waals surface area contributed by atoms with Crippen molar-refractivity contribution >= 4 is 22.9 Å². The highest BCUT2D eigenvalue weighted by Gasteiger charge is 2.24.